The van der Waals surface area contributed by atoms with Gasteiger partial charge in [0.15, 0.2) is 0 Å². The number of unbranched alkanes of at least 4 members (excludes halogenated alkanes) is 5. The van der Waals surface area contributed by atoms with Gasteiger partial charge in [0.1, 0.15) is 0 Å². The first-order chi connectivity index (χ1) is 10.7. The molecule has 2 N–H and O–H groups in total. The van der Waals surface area contributed by atoms with E-state index in [4.69, 9.17) is 0 Å². The summed E-state index contributed by atoms with van der Waals surface area (Å²) in [5.74, 6) is 0.0504. The third-order valence-electron chi connectivity index (χ3n) is 3.64. The minimum atomic E-state index is -0.0140. The maximum absolute atomic E-state index is 11.8. The summed E-state index contributed by atoms with van der Waals surface area (Å²) >= 11 is 0. The molecule has 1 aromatic carbocycles. The number of anilines is 1. The van der Waals surface area contributed by atoms with Crippen LogP contribution in [0.2, 0.25) is 0 Å². The molecule has 2 amide bonds. The lowest BCUT2D eigenvalue weighted by atomic mass is 10.1. The second-order valence-corrected chi connectivity index (χ2v) is 5.61. The monoisotopic (exact) mass is 304 g/mol. The average Bonchev–Trinajstić information content (AvgIpc) is 2.52. The molecule has 0 heterocycles. The summed E-state index contributed by atoms with van der Waals surface area (Å²) in [6, 6.07) is 7.43. The van der Waals surface area contributed by atoms with Gasteiger partial charge >= 0.3 is 0 Å². The smallest absolute Gasteiger partial charge is 0.224 e. The lowest BCUT2D eigenvalue weighted by Crippen LogP contribution is -2.19. The zero-order chi connectivity index (χ0) is 16.2. The molecule has 0 aliphatic rings. The van der Waals surface area contributed by atoms with Crippen molar-refractivity contribution in [3.63, 3.8) is 0 Å². The molecular formula is C18H28N2O2. The fraction of sp³-hybridized carbons (Fsp3) is 0.556. The number of amides is 2. The summed E-state index contributed by atoms with van der Waals surface area (Å²) in [6.07, 6.45) is 8.03. The largest absolute Gasteiger partial charge is 0.359 e. The van der Waals surface area contributed by atoms with E-state index in [2.05, 4.69) is 17.6 Å². The van der Waals surface area contributed by atoms with Gasteiger partial charge in [0.2, 0.25) is 11.8 Å². The molecule has 0 aliphatic heterocycles. The predicted molar refractivity (Wildman–Crippen MR) is 90.8 cm³/mol. The fourth-order valence-electron chi connectivity index (χ4n) is 2.27. The molecule has 0 bridgehead atoms. The Bertz CT molecular complexity index is 455. The van der Waals surface area contributed by atoms with Crippen molar-refractivity contribution in [3.05, 3.63) is 29.8 Å². The third-order valence-corrected chi connectivity index (χ3v) is 3.64. The van der Waals surface area contributed by atoms with E-state index in [-0.39, 0.29) is 11.8 Å². The van der Waals surface area contributed by atoms with E-state index in [0.29, 0.717) is 12.8 Å². The number of carbonyl (C=O) groups is 2. The van der Waals surface area contributed by atoms with Crippen molar-refractivity contribution in [2.75, 3.05) is 12.4 Å². The van der Waals surface area contributed by atoms with Crippen LogP contribution in [-0.4, -0.2) is 18.9 Å². The minimum absolute atomic E-state index is 0.0140. The van der Waals surface area contributed by atoms with E-state index in [1.807, 2.05) is 24.3 Å². The highest BCUT2D eigenvalue weighted by atomic mass is 16.2. The molecule has 1 aromatic rings. The second-order valence-electron chi connectivity index (χ2n) is 5.61. The summed E-state index contributed by atoms with van der Waals surface area (Å²) in [5, 5.41) is 5.49. The van der Waals surface area contributed by atoms with E-state index in [0.717, 1.165) is 24.1 Å². The van der Waals surface area contributed by atoms with E-state index in [1.165, 1.54) is 25.7 Å². The van der Waals surface area contributed by atoms with Crippen LogP contribution >= 0.6 is 0 Å². The molecule has 122 valence electrons. The van der Waals surface area contributed by atoms with E-state index >= 15 is 0 Å². The summed E-state index contributed by atoms with van der Waals surface area (Å²) in [7, 11) is 1.62. The van der Waals surface area contributed by atoms with Crippen LogP contribution in [0.1, 0.15) is 57.4 Å². The Balaban J connectivity index is 2.25. The zero-order valence-corrected chi connectivity index (χ0v) is 13.8. The molecule has 0 atom stereocenters. The quantitative estimate of drug-likeness (QED) is 0.648. The van der Waals surface area contributed by atoms with Crippen molar-refractivity contribution in [1.82, 2.24) is 5.32 Å². The first-order valence-corrected chi connectivity index (χ1v) is 8.25. The Morgan fingerprint density at radius 3 is 2.18 bits per heavy atom. The van der Waals surface area contributed by atoms with Crippen LogP contribution in [0.25, 0.3) is 0 Å². The zero-order valence-electron chi connectivity index (χ0n) is 13.8. The standard InChI is InChI=1S/C18H28N2O2/c1-3-4-5-6-7-8-9-17(21)20-16-12-10-15(11-13-16)14-18(22)19-2/h10-13H,3-9,14H2,1-2H3,(H,19,22)(H,20,21). The van der Waals surface area contributed by atoms with Crippen molar-refractivity contribution in [2.45, 2.75) is 58.3 Å². The second kappa shape index (κ2) is 10.8. The van der Waals surface area contributed by atoms with Gasteiger partial charge in [-0.1, -0.05) is 51.2 Å². The highest BCUT2D eigenvalue weighted by Gasteiger charge is 2.04. The molecule has 0 aromatic heterocycles. The van der Waals surface area contributed by atoms with Crippen molar-refractivity contribution >= 4 is 17.5 Å². The maximum Gasteiger partial charge on any atom is 0.224 e. The molecule has 0 spiro atoms. The van der Waals surface area contributed by atoms with Crippen LogP contribution in [0, 0.1) is 0 Å². The van der Waals surface area contributed by atoms with Crippen molar-refractivity contribution in [1.29, 1.82) is 0 Å². The number of benzene rings is 1. The molecule has 4 nitrogen and oxygen atoms in total. The van der Waals surface area contributed by atoms with Crippen LogP contribution in [-0.2, 0) is 16.0 Å². The number of carbonyl (C=O) groups excluding carboxylic acids is 2. The van der Waals surface area contributed by atoms with Gasteiger partial charge in [0.05, 0.1) is 6.42 Å². The molecule has 0 fully saturated rings. The highest BCUT2D eigenvalue weighted by molar-refractivity contribution is 5.90. The highest BCUT2D eigenvalue weighted by Crippen LogP contribution is 2.12. The molecule has 4 heteroatoms. The van der Waals surface area contributed by atoms with E-state index in [9.17, 15) is 9.59 Å². The number of hydrogen-bond donors (Lipinski definition) is 2. The van der Waals surface area contributed by atoms with Gasteiger partial charge in [-0.05, 0) is 24.1 Å². The number of nitrogens with one attached hydrogen (secondary N) is 2. The summed E-state index contributed by atoms with van der Waals surface area (Å²) in [5.41, 5.74) is 1.73. The van der Waals surface area contributed by atoms with Crippen LogP contribution in [0.4, 0.5) is 5.69 Å². The Kier molecular flexibility index (Phi) is 8.96. The van der Waals surface area contributed by atoms with Gasteiger partial charge in [0, 0.05) is 19.2 Å². The van der Waals surface area contributed by atoms with Gasteiger partial charge in [-0.2, -0.15) is 0 Å². The Hall–Kier alpha value is -1.84. The van der Waals surface area contributed by atoms with Gasteiger partial charge < -0.3 is 10.6 Å². The van der Waals surface area contributed by atoms with Gasteiger partial charge in [-0.3, -0.25) is 9.59 Å². The fourth-order valence-corrected chi connectivity index (χ4v) is 2.27. The van der Waals surface area contributed by atoms with Crippen molar-refractivity contribution in [3.8, 4) is 0 Å². The first kappa shape index (κ1) is 18.2. The average molecular weight is 304 g/mol. The van der Waals surface area contributed by atoms with E-state index in [1.54, 1.807) is 7.05 Å². The van der Waals surface area contributed by atoms with Gasteiger partial charge in [-0.25, -0.2) is 0 Å². The number of rotatable bonds is 10. The Morgan fingerprint density at radius 2 is 1.55 bits per heavy atom. The molecule has 0 unspecified atom stereocenters. The van der Waals surface area contributed by atoms with Crippen molar-refractivity contribution in [2.24, 2.45) is 0 Å². The summed E-state index contributed by atoms with van der Waals surface area (Å²) < 4.78 is 0. The third kappa shape index (κ3) is 7.81. The predicted octanol–water partition coefficient (Wildman–Crippen LogP) is 3.66. The molecular weight excluding hydrogens is 276 g/mol. The first-order valence-electron chi connectivity index (χ1n) is 8.25. The molecule has 1 rings (SSSR count). The maximum atomic E-state index is 11.8. The van der Waals surface area contributed by atoms with Crippen LogP contribution in [0.15, 0.2) is 24.3 Å². The summed E-state index contributed by atoms with van der Waals surface area (Å²) in [6.45, 7) is 2.20. The number of hydrogen-bond acceptors (Lipinski definition) is 2. The lowest BCUT2D eigenvalue weighted by molar-refractivity contribution is -0.120. The lowest BCUT2D eigenvalue weighted by Gasteiger charge is -2.06. The molecule has 0 saturated carbocycles. The minimum Gasteiger partial charge on any atom is -0.359 e. The Morgan fingerprint density at radius 1 is 0.909 bits per heavy atom. The van der Waals surface area contributed by atoms with Gasteiger partial charge in [0.25, 0.3) is 0 Å². The molecule has 0 aliphatic carbocycles. The SMILES string of the molecule is CCCCCCCCC(=O)Nc1ccc(CC(=O)NC)cc1. The molecule has 22 heavy (non-hydrogen) atoms. The number of likely N-dealkylation sites (N-methyl/N-ethyl adjacent to an activating group) is 1. The molecule has 0 saturated heterocycles. The summed E-state index contributed by atoms with van der Waals surface area (Å²) in [4.78, 5) is 23.1. The Labute approximate surface area is 133 Å². The normalized spacial score (nSPS) is 10.3. The van der Waals surface area contributed by atoms with Crippen LogP contribution < -0.4 is 10.6 Å². The van der Waals surface area contributed by atoms with Crippen molar-refractivity contribution < 1.29 is 9.59 Å². The molecule has 0 radical (unpaired) electrons. The van der Waals surface area contributed by atoms with Crippen LogP contribution in [0.3, 0.4) is 0 Å². The topological polar surface area (TPSA) is 58.2 Å². The van der Waals surface area contributed by atoms with E-state index < -0.39 is 0 Å². The van der Waals surface area contributed by atoms with Crippen LogP contribution in [0.5, 0.6) is 0 Å². The van der Waals surface area contributed by atoms with Gasteiger partial charge in [-0.15, -0.1) is 0 Å².